The number of aromatic nitrogens is 2. The lowest BCUT2D eigenvalue weighted by molar-refractivity contribution is 0.599. The molecule has 0 aromatic carbocycles. The van der Waals surface area contributed by atoms with Crippen molar-refractivity contribution < 1.29 is 0 Å². The fourth-order valence-corrected chi connectivity index (χ4v) is 3.03. The number of hydrogen-bond donors (Lipinski definition) is 1. The largest absolute Gasteiger partial charge is 0.335 e. The summed E-state index contributed by atoms with van der Waals surface area (Å²) >= 11 is 0. The van der Waals surface area contributed by atoms with E-state index >= 15 is 0 Å². The molecular weight excluding hydrogens is 186 g/mol. The van der Waals surface area contributed by atoms with Crippen LogP contribution in [0.15, 0.2) is 0 Å². The lowest BCUT2D eigenvalue weighted by Gasteiger charge is -2.13. The van der Waals surface area contributed by atoms with Gasteiger partial charge in [0.15, 0.2) is 0 Å². The normalized spacial score (nSPS) is 21.9. The molecule has 1 aliphatic carbocycles. The van der Waals surface area contributed by atoms with Crippen molar-refractivity contribution in [3.63, 3.8) is 0 Å². The fraction of sp³-hybridized carbons (Fsp3) is 0.750. The molecule has 3 rings (SSSR count). The zero-order valence-corrected chi connectivity index (χ0v) is 9.42. The van der Waals surface area contributed by atoms with Gasteiger partial charge in [-0.2, -0.15) is 0 Å². The summed E-state index contributed by atoms with van der Waals surface area (Å²) in [4.78, 5) is 4.83. The summed E-state index contributed by atoms with van der Waals surface area (Å²) < 4.78 is 2.37. The molecule has 2 aliphatic rings. The third-order valence-electron chi connectivity index (χ3n) is 3.88. The first-order valence-corrected chi connectivity index (χ1v) is 6.11. The van der Waals surface area contributed by atoms with Crippen LogP contribution in [-0.2, 0) is 20.0 Å². The van der Waals surface area contributed by atoms with Crippen molar-refractivity contribution in [1.29, 1.82) is 0 Å². The fourth-order valence-electron chi connectivity index (χ4n) is 3.03. The molecule has 0 unspecified atom stereocenters. The topological polar surface area (TPSA) is 29.9 Å². The second-order valence-corrected chi connectivity index (χ2v) is 4.83. The highest BCUT2D eigenvalue weighted by molar-refractivity contribution is 5.22. The van der Waals surface area contributed by atoms with Gasteiger partial charge in [-0.15, -0.1) is 0 Å². The monoisotopic (exact) mass is 205 g/mol. The maximum absolute atomic E-state index is 4.83. The number of fused-ring (bicyclic) bond motifs is 1. The second kappa shape index (κ2) is 3.63. The SMILES string of the molecule is Cn1c(C2CCCC2)nc2c1CCNC2. The van der Waals surface area contributed by atoms with Crippen molar-refractivity contribution in [3.8, 4) is 0 Å². The third kappa shape index (κ3) is 1.49. The first-order chi connectivity index (χ1) is 7.36. The summed E-state index contributed by atoms with van der Waals surface area (Å²) in [6, 6.07) is 0. The zero-order valence-electron chi connectivity index (χ0n) is 9.42. The van der Waals surface area contributed by atoms with Gasteiger partial charge in [0.25, 0.3) is 0 Å². The molecule has 1 fully saturated rings. The van der Waals surface area contributed by atoms with Crippen LogP contribution < -0.4 is 5.32 Å². The smallest absolute Gasteiger partial charge is 0.112 e. The van der Waals surface area contributed by atoms with Crippen LogP contribution in [0, 0.1) is 0 Å². The Labute approximate surface area is 90.9 Å². The minimum absolute atomic E-state index is 0.737. The first kappa shape index (κ1) is 9.40. The highest BCUT2D eigenvalue weighted by Crippen LogP contribution is 2.34. The van der Waals surface area contributed by atoms with Gasteiger partial charge in [0, 0.05) is 38.2 Å². The molecule has 2 heterocycles. The molecule has 0 saturated heterocycles. The quantitative estimate of drug-likeness (QED) is 0.756. The van der Waals surface area contributed by atoms with Crippen LogP contribution in [0.5, 0.6) is 0 Å². The van der Waals surface area contributed by atoms with Crippen LogP contribution in [0.25, 0.3) is 0 Å². The molecule has 3 nitrogen and oxygen atoms in total. The Kier molecular flexibility index (Phi) is 2.28. The van der Waals surface area contributed by atoms with Crippen molar-refractivity contribution in [1.82, 2.24) is 14.9 Å². The minimum Gasteiger partial charge on any atom is -0.335 e. The highest BCUT2D eigenvalue weighted by atomic mass is 15.1. The Balaban J connectivity index is 1.97. The van der Waals surface area contributed by atoms with Crippen LogP contribution in [-0.4, -0.2) is 16.1 Å². The van der Waals surface area contributed by atoms with E-state index in [4.69, 9.17) is 4.98 Å². The standard InChI is InChI=1S/C12H19N3/c1-15-11-6-7-13-8-10(11)14-12(15)9-4-2-3-5-9/h9,13H,2-8H2,1H3. The van der Waals surface area contributed by atoms with Crippen LogP contribution in [0.1, 0.15) is 48.8 Å². The van der Waals surface area contributed by atoms with Gasteiger partial charge in [-0.25, -0.2) is 4.98 Å². The summed E-state index contributed by atoms with van der Waals surface area (Å²) in [7, 11) is 2.20. The molecule has 1 saturated carbocycles. The molecule has 0 atom stereocenters. The average molecular weight is 205 g/mol. The second-order valence-electron chi connectivity index (χ2n) is 4.83. The van der Waals surface area contributed by atoms with Gasteiger partial charge in [0.05, 0.1) is 5.69 Å². The molecule has 15 heavy (non-hydrogen) atoms. The van der Waals surface area contributed by atoms with Crippen molar-refractivity contribution in [3.05, 3.63) is 17.2 Å². The Bertz CT molecular complexity index is 361. The van der Waals surface area contributed by atoms with E-state index in [1.54, 1.807) is 0 Å². The van der Waals surface area contributed by atoms with Gasteiger partial charge in [-0.3, -0.25) is 0 Å². The van der Waals surface area contributed by atoms with Crippen molar-refractivity contribution in [2.24, 2.45) is 7.05 Å². The molecule has 0 amide bonds. The van der Waals surface area contributed by atoms with E-state index < -0.39 is 0 Å². The van der Waals surface area contributed by atoms with Crippen LogP contribution >= 0.6 is 0 Å². The van der Waals surface area contributed by atoms with Gasteiger partial charge in [-0.05, 0) is 12.8 Å². The highest BCUT2D eigenvalue weighted by Gasteiger charge is 2.25. The lowest BCUT2D eigenvalue weighted by Crippen LogP contribution is -2.24. The van der Waals surface area contributed by atoms with E-state index in [9.17, 15) is 0 Å². The molecule has 1 aromatic heterocycles. The summed E-state index contributed by atoms with van der Waals surface area (Å²) in [5.41, 5.74) is 2.77. The van der Waals surface area contributed by atoms with Gasteiger partial charge >= 0.3 is 0 Å². The maximum atomic E-state index is 4.83. The van der Waals surface area contributed by atoms with Gasteiger partial charge < -0.3 is 9.88 Å². The summed E-state index contributed by atoms with van der Waals surface area (Å²) in [5.74, 6) is 2.08. The summed E-state index contributed by atoms with van der Waals surface area (Å²) in [6.07, 6.45) is 6.61. The Morgan fingerprint density at radius 3 is 2.87 bits per heavy atom. The molecule has 3 heteroatoms. The number of nitrogens with one attached hydrogen (secondary N) is 1. The average Bonchev–Trinajstić information content (AvgIpc) is 2.87. The first-order valence-electron chi connectivity index (χ1n) is 6.11. The number of rotatable bonds is 1. The zero-order chi connectivity index (χ0) is 10.3. The molecule has 0 bridgehead atoms. The third-order valence-corrected chi connectivity index (χ3v) is 3.88. The molecular formula is C12H19N3. The van der Waals surface area contributed by atoms with Gasteiger partial charge in [0.2, 0.25) is 0 Å². The van der Waals surface area contributed by atoms with E-state index in [-0.39, 0.29) is 0 Å². The molecule has 82 valence electrons. The summed E-state index contributed by atoms with van der Waals surface area (Å²) in [5, 5.41) is 3.40. The predicted octanol–water partition coefficient (Wildman–Crippen LogP) is 1.72. The molecule has 1 aliphatic heterocycles. The minimum atomic E-state index is 0.737. The predicted molar refractivity (Wildman–Crippen MR) is 59.8 cm³/mol. The van der Waals surface area contributed by atoms with E-state index in [2.05, 4.69) is 16.9 Å². The van der Waals surface area contributed by atoms with E-state index in [0.717, 1.165) is 25.4 Å². The van der Waals surface area contributed by atoms with Crippen LogP contribution in [0.2, 0.25) is 0 Å². The van der Waals surface area contributed by atoms with Crippen molar-refractivity contribution in [2.45, 2.75) is 44.6 Å². The summed E-state index contributed by atoms with van der Waals surface area (Å²) in [6.45, 7) is 2.08. The van der Waals surface area contributed by atoms with Crippen LogP contribution in [0.4, 0.5) is 0 Å². The van der Waals surface area contributed by atoms with Gasteiger partial charge in [-0.1, -0.05) is 12.8 Å². The van der Waals surface area contributed by atoms with E-state index in [1.807, 2.05) is 0 Å². The lowest BCUT2D eigenvalue weighted by atomic mass is 10.1. The van der Waals surface area contributed by atoms with Crippen LogP contribution in [0.3, 0.4) is 0 Å². The molecule has 1 N–H and O–H groups in total. The maximum Gasteiger partial charge on any atom is 0.112 e. The molecule has 0 spiro atoms. The Morgan fingerprint density at radius 1 is 1.33 bits per heavy atom. The molecule has 0 radical (unpaired) electrons. The number of imidazole rings is 1. The molecule has 1 aromatic rings. The van der Waals surface area contributed by atoms with E-state index in [0.29, 0.717) is 0 Å². The van der Waals surface area contributed by atoms with E-state index in [1.165, 1.54) is 42.9 Å². The van der Waals surface area contributed by atoms with Crippen molar-refractivity contribution in [2.75, 3.05) is 6.54 Å². The van der Waals surface area contributed by atoms with Crippen molar-refractivity contribution >= 4 is 0 Å². The Morgan fingerprint density at radius 2 is 2.13 bits per heavy atom. The Hall–Kier alpha value is -0.830. The number of nitrogens with zero attached hydrogens (tertiary/aromatic N) is 2. The van der Waals surface area contributed by atoms with Gasteiger partial charge in [0.1, 0.15) is 5.82 Å². The number of hydrogen-bond acceptors (Lipinski definition) is 2.